The topological polar surface area (TPSA) is 73.6 Å². The molecule has 1 amide bonds. The molecule has 136 valence electrons. The predicted octanol–water partition coefficient (Wildman–Crippen LogP) is 3.00. The van der Waals surface area contributed by atoms with Crippen LogP contribution >= 0.6 is 12.4 Å². The Balaban J connectivity index is 0.00000288. The van der Waals surface area contributed by atoms with Crippen molar-refractivity contribution in [2.45, 2.75) is 51.3 Å². The maximum absolute atomic E-state index is 12.6. The molecule has 1 saturated carbocycles. The summed E-state index contributed by atoms with van der Waals surface area (Å²) in [6.07, 6.45) is 3.11. The number of nitrogens with one attached hydrogen (secondary N) is 1. The Kier molecular flexibility index (Phi) is 7.69. The van der Waals surface area contributed by atoms with Crippen molar-refractivity contribution in [2.75, 3.05) is 6.61 Å². The predicted molar refractivity (Wildman–Crippen MR) is 88.7 cm³/mol. The van der Waals surface area contributed by atoms with Crippen LogP contribution in [0.3, 0.4) is 0 Å². The first-order valence-corrected chi connectivity index (χ1v) is 7.73. The summed E-state index contributed by atoms with van der Waals surface area (Å²) < 4.78 is 35.2. The Morgan fingerprint density at radius 2 is 2.04 bits per heavy atom. The number of hydrogen-bond acceptors (Lipinski definition) is 4. The number of rotatable bonds is 7. The maximum atomic E-state index is 12.6. The summed E-state index contributed by atoms with van der Waals surface area (Å²) in [5, 5.41) is 2.72. The molecule has 0 radical (unpaired) electrons. The minimum Gasteiger partial charge on any atom is -0.490 e. The Labute approximate surface area is 146 Å². The first-order valence-electron chi connectivity index (χ1n) is 7.73. The van der Waals surface area contributed by atoms with Gasteiger partial charge in [-0.1, -0.05) is 25.0 Å². The molecule has 0 aliphatic heterocycles. The molecule has 1 aliphatic rings. The van der Waals surface area contributed by atoms with E-state index in [4.69, 9.17) is 10.5 Å². The fourth-order valence-corrected chi connectivity index (χ4v) is 2.78. The van der Waals surface area contributed by atoms with Gasteiger partial charge in [0.2, 0.25) is 5.91 Å². The molecule has 2 rings (SSSR count). The highest BCUT2D eigenvalue weighted by atomic mass is 35.5. The van der Waals surface area contributed by atoms with Crippen molar-refractivity contribution in [3.63, 3.8) is 0 Å². The Hall–Kier alpha value is -1.60. The number of para-hydroxylation sites is 1. The zero-order chi connectivity index (χ0) is 16.9. The lowest BCUT2D eigenvalue weighted by atomic mass is 9.98. The second-order valence-corrected chi connectivity index (χ2v) is 5.60. The molecule has 0 heterocycles. The fourth-order valence-electron chi connectivity index (χ4n) is 2.78. The molecule has 5 nitrogen and oxygen atoms in total. The number of amides is 1. The Morgan fingerprint density at radius 3 is 2.62 bits per heavy atom. The summed E-state index contributed by atoms with van der Waals surface area (Å²) in [5.74, 6) is -0.0927. The minimum absolute atomic E-state index is 0. The van der Waals surface area contributed by atoms with Gasteiger partial charge in [-0.15, -0.1) is 12.4 Å². The standard InChI is InChI=1S/C16H22F2N2O3.ClH/c1-2-22-12-7-5-6-11(13(12)23-15(17)18)10-20-14(21)16(19)8-3-4-9-16;/h5-7,15H,2-4,8-10,19H2,1H3,(H,20,21);1H. The van der Waals surface area contributed by atoms with Gasteiger partial charge in [-0.2, -0.15) is 8.78 Å². The van der Waals surface area contributed by atoms with Crippen LogP contribution in [0.1, 0.15) is 38.2 Å². The van der Waals surface area contributed by atoms with Crippen LogP contribution in [0.5, 0.6) is 11.5 Å². The summed E-state index contributed by atoms with van der Waals surface area (Å²) in [6, 6.07) is 4.82. The molecular formula is C16H23ClF2N2O3. The highest BCUT2D eigenvalue weighted by Crippen LogP contribution is 2.33. The van der Waals surface area contributed by atoms with Crippen molar-refractivity contribution in [3.05, 3.63) is 23.8 Å². The smallest absolute Gasteiger partial charge is 0.387 e. The molecule has 1 aromatic rings. The Morgan fingerprint density at radius 1 is 1.38 bits per heavy atom. The van der Waals surface area contributed by atoms with Gasteiger partial charge in [0.25, 0.3) is 0 Å². The molecule has 0 spiro atoms. The van der Waals surface area contributed by atoms with E-state index >= 15 is 0 Å². The lowest BCUT2D eigenvalue weighted by Gasteiger charge is -2.23. The van der Waals surface area contributed by atoms with Crippen LogP contribution in [0.2, 0.25) is 0 Å². The fraction of sp³-hybridized carbons (Fsp3) is 0.562. The Bertz CT molecular complexity index is 552. The van der Waals surface area contributed by atoms with Crippen LogP contribution in [0.25, 0.3) is 0 Å². The summed E-state index contributed by atoms with van der Waals surface area (Å²) >= 11 is 0. The van der Waals surface area contributed by atoms with Gasteiger partial charge < -0.3 is 20.5 Å². The number of halogens is 3. The van der Waals surface area contributed by atoms with E-state index in [9.17, 15) is 13.6 Å². The van der Waals surface area contributed by atoms with Crippen LogP contribution in [0.4, 0.5) is 8.78 Å². The van der Waals surface area contributed by atoms with E-state index in [1.807, 2.05) is 0 Å². The van der Waals surface area contributed by atoms with E-state index in [1.54, 1.807) is 25.1 Å². The van der Waals surface area contributed by atoms with E-state index in [0.717, 1.165) is 12.8 Å². The number of benzene rings is 1. The van der Waals surface area contributed by atoms with Gasteiger partial charge in [0.05, 0.1) is 12.1 Å². The van der Waals surface area contributed by atoms with E-state index in [1.165, 1.54) is 0 Å². The first-order chi connectivity index (χ1) is 11.0. The van der Waals surface area contributed by atoms with Gasteiger partial charge in [-0.25, -0.2) is 0 Å². The molecule has 1 aromatic carbocycles. The maximum Gasteiger partial charge on any atom is 0.387 e. The van der Waals surface area contributed by atoms with Gasteiger partial charge in [-0.3, -0.25) is 4.79 Å². The van der Waals surface area contributed by atoms with Crippen LogP contribution in [0, 0.1) is 0 Å². The number of nitrogens with two attached hydrogens (primary N) is 1. The van der Waals surface area contributed by atoms with Crippen LogP contribution in [0.15, 0.2) is 18.2 Å². The molecule has 0 bridgehead atoms. The molecule has 8 heteroatoms. The van der Waals surface area contributed by atoms with Gasteiger partial charge in [0.1, 0.15) is 0 Å². The summed E-state index contributed by atoms with van der Waals surface area (Å²) in [4.78, 5) is 12.2. The minimum atomic E-state index is -2.97. The lowest BCUT2D eigenvalue weighted by molar-refractivity contribution is -0.126. The molecule has 1 fully saturated rings. The van der Waals surface area contributed by atoms with E-state index in [2.05, 4.69) is 10.1 Å². The molecule has 0 aromatic heterocycles. The highest BCUT2D eigenvalue weighted by Gasteiger charge is 2.36. The normalized spacial score (nSPS) is 15.7. The number of ether oxygens (including phenoxy) is 2. The van der Waals surface area contributed by atoms with Crippen molar-refractivity contribution in [1.82, 2.24) is 5.32 Å². The van der Waals surface area contributed by atoms with Crippen molar-refractivity contribution < 1.29 is 23.0 Å². The summed E-state index contributed by atoms with van der Waals surface area (Å²) in [6.45, 7) is -0.845. The largest absolute Gasteiger partial charge is 0.490 e. The second-order valence-electron chi connectivity index (χ2n) is 5.60. The van der Waals surface area contributed by atoms with Gasteiger partial charge in [-0.05, 0) is 25.8 Å². The zero-order valence-corrected chi connectivity index (χ0v) is 14.3. The SMILES string of the molecule is CCOc1cccc(CNC(=O)C2(N)CCCC2)c1OC(F)F.Cl. The van der Waals surface area contributed by atoms with E-state index < -0.39 is 12.2 Å². The highest BCUT2D eigenvalue weighted by molar-refractivity contribution is 5.86. The average molecular weight is 365 g/mol. The van der Waals surface area contributed by atoms with Gasteiger partial charge in [0.15, 0.2) is 11.5 Å². The van der Waals surface area contributed by atoms with Crippen molar-refractivity contribution >= 4 is 18.3 Å². The van der Waals surface area contributed by atoms with Crippen molar-refractivity contribution in [3.8, 4) is 11.5 Å². The molecule has 24 heavy (non-hydrogen) atoms. The number of alkyl halides is 2. The third-order valence-electron chi connectivity index (χ3n) is 3.95. The third kappa shape index (κ3) is 4.95. The van der Waals surface area contributed by atoms with Crippen molar-refractivity contribution in [1.29, 1.82) is 0 Å². The quantitative estimate of drug-likeness (QED) is 0.780. The number of carbonyl (C=O) groups excluding carboxylic acids is 1. The number of hydrogen-bond donors (Lipinski definition) is 2. The molecule has 0 atom stereocenters. The molecule has 0 unspecified atom stereocenters. The summed E-state index contributed by atoms with van der Waals surface area (Å²) in [7, 11) is 0. The van der Waals surface area contributed by atoms with Crippen LogP contribution in [-0.4, -0.2) is 24.7 Å². The molecule has 3 N–H and O–H groups in total. The first kappa shape index (κ1) is 20.4. The third-order valence-corrected chi connectivity index (χ3v) is 3.95. The molecule has 0 saturated heterocycles. The van der Waals surface area contributed by atoms with Crippen LogP contribution < -0.4 is 20.5 Å². The van der Waals surface area contributed by atoms with E-state index in [-0.39, 0.29) is 36.4 Å². The van der Waals surface area contributed by atoms with E-state index in [0.29, 0.717) is 25.0 Å². The number of carbonyl (C=O) groups is 1. The lowest BCUT2D eigenvalue weighted by Crippen LogP contribution is -2.51. The van der Waals surface area contributed by atoms with Gasteiger partial charge in [0, 0.05) is 12.1 Å². The average Bonchev–Trinajstić information content (AvgIpc) is 2.95. The zero-order valence-electron chi connectivity index (χ0n) is 13.5. The van der Waals surface area contributed by atoms with Gasteiger partial charge >= 0.3 is 6.61 Å². The molecular weight excluding hydrogens is 342 g/mol. The van der Waals surface area contributed by atoms with Crippen LogP contribution in [-0.2, 0) is 11.3 Å². The summed E-state index contributed by atoms with van der Waals surface area (Å²) in [5.41, 5.74) is 5.64. The monoisotopic (exact) mass is 364 g/mol. The molecule has 1 aliphatic carbocycles. The second kappa shape index (κ2) is 9.03. The van der Waals surface area contributed by atoms with Crippen molar-refractivity contribution in [2.24, 2.45) is 5.73 Å².